The van der Waals surface area contributed by atoms with E-state index in [9.17, 15) is 14.7 Å². The maximum absolute atomic E-state index is 11.7. The maximum Gasteiger partial charge on any atom is 0.246 e. The highest BCUT2D eigenvalue weighted by molar-refractivity contribution is 5.90. The lowest BCUT2D eigenvalue weighted by Gasteiger charge is -2.35. The largest absolute Gasteiger partial charge is 0.388 e. The molecule has 2 amide bonds. The summed E-state index contributed by atoms with van der Waals surface area (Å²) in [7, 11) is 1.54. The van der Waals surface area contributed by atoms with Crippen molar-refractivity contribution < 1.29 is 14.7 Å². The van der Waals surface area contributed by atoms with Gasteiger partial charge in [-0.05, 0) is 37.7 Å². The first kappa shape index (κ1) is 15.7. The Labute approximate surface area is 114 Å². The molecule has 1 saturated carbocycles. The predicted molar refractivity (Wildman–Crippen MR) is 73.4 cm³/mol. The van der Waals surface area contributed by atoms with Gasteiger partial charge in [0.25, 0.3) is 0 Å². The van der Waals surface area contributed by atoms with Gasteiger partial charge in [0.2, 0.25) is 11.8 Å². The SMILES string of the molecule is C=CC(=O)N(C)CC(=O)NCC1(O)CCC(C)CC1. The molecule has 1 rings (SSSR count). The van der Waals surface area contributed by atoms with Crippen LogP contribution >= 0.6 is 0 Å². The van der Waals surface area contributed by atoms with E-state index in [1.807, 2.05) is 0 Å². The summed E-state index contributed by atoms with van der Waals surface area (Å²) in [4.78, 5) is 24.2. The highest BCUT2D eigenvalue weighted by atomic mass is 16.3. The number of nitrogens with one attached hydrogen (secondary N) is 1. The Morgan fingerprint density at radius 2 is 2.05 bits per heavy atom. The lowest BCUT2D eigenvalue weighted by molar-refractivity contribution is -0.131. The van der Waals surface area contributed by atoms with Gasteiger partial charge in [0.1, 0.15) is 0 Å². The van der Waals surface area contributed by atoms with E-state index in [1.54, 1.807) is 7.05 Å². The van der Waals surface area contributed by atoms with Crippen molar-refractivity contribution in [2.45, 2.75) is 38.2 Å². The van der Waals surface area contributed by atoms with E-state index in [2.05, 4.69) is 18.8 Å². The molecule has 0 saturated heterocycles. The molecule has 1 aliphatic rings. The van der Waals surface area contributed by atoms with Crippen LogP contribution in [0.1, 0.15) is 32.6 Å². The molecule has 108 valence electrons. The van der Waals surface area contributed by atoms with E-state index < -0.39 is 5.60 Å². The predicted octanol–water partition coefficient (Wildman–Crippen LogP) is 0.688. The van der Waals surface area contributed by atoms with Crippen molar-refractivity contribution in [2.24, 2.45) is 5.92 Å². The molecule has 0 spiro atoms. The monoisotopic (exact) mass is 268 g/mol. The van der Waals surface area contributed by atoms with Gasteiger partial charge < -0.3 is 15.3 Å². The van der Waals surface area contributed by atoms with E-state index in [0.717, 1.165) is 25.7 Å². The number of likely N-dealkylation sites (N-methyl/N-ethyl adjacent to an activating group) is 1. The molecule has 0 aromatic heterocycles. The van der Waals surface area contributed by atoms with Crippen LogP contribution in [-0.4, -0.2) is 47.6 Å². The van der Waals surface area contributed by atoms with Crippen LogP contribution < -0.4 is 5.32 Å². The molecule has 0 aromatic rings. The van der Waals surface area contributed by atoms with Gasteiger partial charge in [-0.1, -0.05) is 13.5 Å². The van der Waals surface area contributed by atoms with Gasteiger partial charge in [-0.25, -0.2) is 0 Å². The zero-order chi connectivity index (χ0) is 14.5. The van der Waals surface area contributed by atoms with E-state index in [0.29, 0.717) is 5.92 Å². The van der Waals surface area contributed by atoms with Crippen LogP contribution in [-0.2, 0) is 9.59 Å². The molecule has 5 nitrogen and oxygen atoms in total. The molecular formula is C14H24N2O3. The smallest absolute Gasteiger partial charge is 0.246 e. The van der Waals surface area contributed by atoms with Gasteiger partial charge in [-0.15, -0.1) is 0 Å². The average Bonchev–Trinajstić information content (AvgIpc) is 2.39. The van der Waals surface area contributed by atoms with Gasteiger partial charge in [0, 0.05) is 13.6 Å². The molecular weight excluding hydrogens is 244 g/mol. The topological polar surface area (TPSA) is 69.6 Å². The first-order chi connectivity index (χ1) is 8.86. The molecule has 19 heavy (non-hydrogen) atoms. The van der Waals surface area contributed by atoms with E-state index in [1.165, 1.54) is 11.0 Å². The summed E-state index contributed by atoms with van der Waals surface area (Å²) in [6, 6.07) is 0. The Bertz CT molecular complexity index is 347. The second-order valence-electron chi connectivity index (χ2n) is 5.58. The second-order valence-corrected chi connectivity index (χ2v) is 5.58. The molecule has 2 N–H and O–H groups in total. The lowest BCUT2D eigenvalue weighted by atomic mass is 9.79. The van der Waals surface area contributed by atoms with E-state index >= 15 is 0 Å². The van der Waals surface area contributed by atoms with Crippen molar-refractivity contribution in [1.82, 2.24) is 10.2 Å². The quantitative estimate of drug-likeness (QED) is 0.721. The molecule has 0 unspecified atom stereocenters. The number of amides is 2. The molecule has 0 aliphatic heterocycles. The number of carbonyl (C=O) groups excluding carboxylic acids is 2. The summed E-state index contributed by atoms with van der Waals surface area (Å²) in [5.74, 6) is 0.0948. The van der Waals surface area contributed by atoms with Gasteiger partial charge in [-0.3, -0.25) is 9.59 Å². The summed E-state index contributed by atoms with van der Waals surface area (Å²) in [5, 5.41) is 13.0. The second kappa shape index (κ2) is 6.70. The number of carbonyl (C=O) groups is 2. The molecule has 0 heterocycles. The number of rotatable bonds is 5. The molecule has 1 fully saturated rings. The fourth-order valence-electron chi connectivity index (χ4n) is 2.24. The maximum atomic E-state index is 11.7. The Morgan fingerprint density at radius 3 is 2.58 bits per heavy atom. The molecule has 0 radical (unpaired) electrons. The third-order valence-electron chi connectivity index (χ3n) is 3.75. The average molecular weight is 268 g/mol. The van der Waals surface area contributed by atoms with Crippen LogP contribution in [0.3, 0.4) is 0 Å². The Hall–Kier alpha value is -1.36. The van der Waals surface area contributed by atoms with Crippen molar-refractivity contribution >= 4 is 11.8 Å². The van der Waals surface area contributed by atoms with Gasteiger partial charge >= 0.3 is 0 Å². The standard InChI is InChI=1S/C14H24N2O3/c1-4-13(18)16(3)9-12(17)15-10-14(19)7-5-11(2)6-8-14/h4,11,19H,1,5-10H2,2-3H3,(H,15,17). The Balaban J connectivity index is 2.33. The van der Waals surface area contributed by atoms with E-state index in [4.69, 9.17) is 0 Å². The summed E-state index contributed by atoms with van der Waals surface area (Å²) in [5.41, 5.74) is -0.789. The fraction of sp³-hybridized carbons (Fsp3) is 0.714. The van der Waals surface area contributed by atoms with Crippen LogP contribution in [0.25, 0.3) is 0 Å². The highest BCUT2D eigenvalue weighted by Gasteiger charge is 2.32. The molecule has 0 bridgehead atoms. The summed E-state index contributed by atoms with van der Waals surface area (Å²) in [6.07, 6.45) is 4.58. The van der Waals surface area contributed by atoms with E-state index in [-0.39, 0.29) is 24.9 Å². The highest BCUT2D eigenvalue weighted by Crippen LogP contribution is 2.31. The first-order valence-corrected chi connectivity index (χ1v) is 6.73. The molecule has 5 heteroatoms. The summed E-state index contributed by atoms with van der Waals surface area (Å²) in [6.45, 7) is 5.78. The van der Waals surface area contributed by atoms with Crippen LogP contribution in [0.4, 0.5) is 0 Å². The van der Waals surface area contributed by atoms with Gasteiger partial charge in [-0.2, -0.15) is 0 Å². The molecule has 0 aromatic carbocycles. The minimum atomic E-state index is -0.789. The number of hydrogen-bond acceptors (Lipinski definition) is 3. The van der Waals surface area contributed by atoms with Crippen molar-refractivity contribution in [3.05, 3.63) is 12.7 Å². The van der Waals surface area contributed by atoms with Crippen LogP contribution in [0.2, 0.25) is 0 Å². The van der Waals surface area contributed by atoms with Crippen LogP contribution in [0, 0.1) is 5.92 Å². The number of nitrogens with zero attached hydrogens (tertiary/aromatic N) is 1. The van der Waals surface area contributed by atoms with Crippen LogP contribution in [0.15, 0.2) is 12.7 Å². The summed E-state index contributed by atoms with van der Waals surface area (Å²) >= 11 is 0. The van der Waals surface area contributed by atoms with Crippen molar-refractivity contribution in [3.8, 4) is 0 Å². The van der Waals surface area contributed by atoms with Crippen molar-refractivity contribution in [2.75, 3.05) is 20.1 Å². The minimum Gasteiger partial charge on any atom is -0.388 e. The van der Waals surface area contributed by atoms with Gasteiger partial charge in [0.05, 0.1) is 12.1 Å². The molecule has 1 aliphatic carbocycles. The summed E-state index contributed by atoms with van der Waals surface area (Å²) < 4.78 is 0. The first-order valence-electron chi connectivity index (χ1n) is 6.73. The number of hydrogen-bond donors (Lipinski definition) is 2. The number of aliphatic hydroxyl groups is 1. The van der Waals surface area contributed by atoms with Gasteiger partial charge in [0.15, 0.2) is 0 Å². The van der Waals surface area contributed by atoms with Crippen molar-refractivity contribution in [1.29, 1.82) is 0 Å². The third kappa shape index (κ3) is 5.03. The zero-order valence-corrected chi connectivity index (χ0v) is 11.8. The Kier molecular flexibility index (Phi) is 5.54. The fourth-order valence-corrected chi connectivity index (χ4v) is 2.24. The minimum absolute atomic E-state index is 0.0165. The van der Waals surface area contributed by atoms with Crippen LogP contribution in [0.5, 0.6) is 0 Å². The lowest BCUT2D eigenvalue weighted by Crippen LogP contribution is -2.47. The Morgan fingerprint density at radius 1 is 1.47 bits per heavy atom. The van der Waals surface area contributed by atoms with Crippen molar-refractivity contribution in [3.63, 3.8) is 0 Å². The normalized spacial score (nSPS) is 26.6. The zero-order valence-electron chi connectivity index (χ0n) is 11.8. The molecule has 0 atom stereocenters. The third-order valence-corrected chi connectivity index (χ3v) is 3.75.